The maximum absolute atomic E-state index is 11.3. The molecule has 2 saturated heterocycles. The van der Waals surface area contributed by atoms with Crippen LogP contribution in [0.2, 0.25) is 0 Å². The minimum atomic E-state index is -0.766. The van der Waals surface area contributed by atoms with Gasteiger partial charge in [-0.15, -0.1) is 0 Å². The lowest BCUT2D eigenvalue weighted by Crippen LogP contribution is -2.49. The Morgan fingerprint density at radius 1 is 1.35 bits per heavy atom. The molecule has 5 nitrogen and oxygen atoms in total. The zero-order chi connectivity index (χ0) is 14.1. The van der Waals surface area contributed by atoms with E-state index in [4.69, 9.17) is 4.74 Å². The monoisotopic (exact) mass is 276 g/mol. The van der Waals surface area contributed by atoms with E-state index in [1.165, 1.54) is 0 Å². The Kier molecular flexibility index (Phi) is 3.42. The van der Waals surface area contributed by atoms with Gasteiger partial charge in [-0.05, 0) is 37.8 Å². The van der Waals surface area contributed by atoms with E-state index in [-0.39, 0.29) is 12.1 Å². The van der Waals surface area contributed by atoms with E-state index in [1.807, 2.05) is 24.3 Å². The van der Waals surface area contributed by atoms with Crippen LogP contribution in [0.4, 0.5) is 10.5 Å². The number of nitrogens with one attached hydrogen (secondary N) is 1. The van der Waals surface area contributed by atoms with Crippen molar-refractivity contribution in [3.8, 4) is 5.75 Å². The average molecular weight is 276 g/mol. The first-order chi connectivity index (χ1) is 9.67. The van der Waals surface area contributed by atoms with Crippen LogP contribution in [0.3, 0.4) is 0 Å². The standard InChI is InChI=1S/C15H20N2O3/c1-20-14-4-2-3-10(9-14)16-11-7-12-5-6-13(8-11)17(12)15(18)19/h2-4,9,11-13,16H,5-8H2,1H3,(H,18,19). The number of nitrogens with zero attached hydrogens (tertiary/aromatic N) is 1. The second kappa shape index (κ2) is 5.23. The summed E-state index contributed by atoms with van der Waals surface area (Å²) in [5.41, 5.74) is 1.04. The van der Waals surface area contributed by atoms with E-state index >= 15 is 0 Å². The van der Waals surface area contributed by atoms with E-state index in [0.29, 0.717) is 6.04 Å². The third-order valence-electron chi connectivity index (χ3n) is 4.39. The highest BCUT2D eigenvalue weighted by Gasteiger charge is 2.43. The van der Waals surface area contributed by atoms with E-state index in [2.05, 4.69) is 5.32 Å². The maximum Gasteiger partial charge on any atom is 0.407 e. The Balaban J connectivity index is 1.67. The van der Waals surface area contributed by atoms with Gasteiger partial charge in [-0.3, -0.25) is 0 Å². The van der Waals surface area contributed by atoms with Gasteiger partial charge in [0.05, 0.1) is 7.11 Å². The Bertz CT molecular complexity index is 492. The number of hydrogen-bond donors (Lipinski definition) is 2. The van der Waals surface area contributed by atoms with E-state index < -0.39 is 6.09 Å². The summed E-state index contributed by atoms with van der Waals surface area (Å²) in [5.74, 6) is 0.834. The van der Waals surface area contributed by atoms with Crippen LogP contribution in [0.25, 0.3) is 0 Å². The van der Waals surface area contributed by atoms with Gasteiger partial charge in [-0.1, -0.05) is 6.07 Å². The quantitative estimate of drug-likeness (QED) is 0.891. The number of carboxylic acid groups (broad SMARTS) is 1. The number of methoxy groups -OCH3 is 1. The summed E-state index contributed by atoms with van der Waals surface area (Å²) in [7, 11) is 1.66. The molecule has 1 aromatic rings. The number of anilines is 1. The van der Waals surface area contributed by atoms with Gasteiger partial charge in [0, 0.05) is 29.9 Å². The van der Waals surface area contributed by atoms with Gasteiger partial charge in [0.1, 0.15) is 5.75 Å². The first-order valence-corrected chi connectivity index (χ1v) is 7.09. The van der Waals surface area contributed by atoms with Crippen LogP contribution in [0, 0.1) is 0 Å². The van der Waals surface area contributed by atoms with Gasteiger partial charge in [-0.2, -0.15) is 0 Å². The fourth-order valence-corrected chi connectivity index (χ4v) is 3.56. The maximum atomic E-state index is 11.3. The predicted molar refractivity (Wildman–Crippen MR) is 76.3 cm³/mol. The summed E-state index contributed by atoms with van der Waals surface area (Å²) >= 11 is 0. The minimum absolute atomic E-state index is 0.175. The largest absolute Gasteiger partial charge is 0.497 e. The summed E-state index contributed by atoms with van der Waals surface area (Å²) in [4.78, 5) is 12.9. The highest BCUT2D eigenvalue weighted by Crippen LogP contribution is 2.37. The van der Waals surface area contributed by atoms with Crippen molar-refractivity contribution in [2.75, 3.05) is 12.4 Å². The van der Waals surface area contributed by atoms with Crippen LogP contribution in [-0.4, -0.2) is 41.3 Å². The highest BCUT2D eigenvalue weighted by atomic mass is 16.5. The zero-order valence-corrected chi connectivity index (χ0v) is 11.6. The smallest absolute Gasteiger partial charge is 0.407 e. The lowest BCUT2D eigenvalue weighted by atomic mass is 9.97. The third-order valence-corrected chi connectivity index (χ3v) is 4.39. The number of hydrogen-bond acceptors (Lipinski definition) is 3. The molecule has 1 aromatic carbocycles. The van der Waals surface area contributed by atoms with Gasteiger partial charge >= 0.3 is 6.09 Å². The van der Waals surface area contributed by atoms with Gasteiger partial charge in [0.2, 0.25) is 0 Å². The van der Waals surface area contributed by atoms with Crippen LogP contribution in [0.5, 0.6) is 5.75 Å². The predicted octanol–water partition coefficient (Wildman–Crippen LogP) is 2.78. The SMILES string of the molecule is COc1cccc(NC2CC3CCC(C2)N3C(=O)O)c1. The first kappa shape index (κ1) is 13.1. The Hall–Kier alpha value is -1.91. The molecule has 0 aliphatic carbocycles. The summed E-state index contributed by atoms with van der Waals surface area (Å²) in [6.45, 7) is 0. The molecule has 1 amide bonds. The van der Waals surface area contributed by atoms with E-state index in [9.17, 15) is 9.90 Å². The topological polar surface area (TPSA) is 61.8 Å². The number of fused-ring (bicyclic) bond motifs is 2. The van der Waals surface area contributed by atoms with Gasteiger partial charge in [-0.25, -0.2) is 4.79 Å². The molecular formula is C15H20N2O3. The summed E-state index contributed by atoms with van der Waals surface area (Å²) in [6.07, 6.45) is 3.00. The molecule has 2 N–H and O–H groups in total. The second-order valence-corrected chi connectivity index (χ2v) is 5.62. The highest BCUT2D eigenvalue weighted by molar-refractivity contribution is 5.66. The molecule has 5 heteroatoms. The lowest BCUT2D eigenvalue weighted by molar-refractivity contribution is 0.0994. The number of piperidine rings is 1. The Labute approximate surface area is 118 Å². The van der Waals surface area contributed by atoms with Crippen LogP contribution < -0.4 is 10.1 Å². The fraction of sp³-hybridized carbons (Fsp3) is 0.533. The average Bonchev–Trinajstić information content (AvgIpc) is 2.71. The molecule has 0 saturated carbocycles. The van der Waals surface area contributed by atoms with Crippen LogP contribution in [0.1, 0.15) is 25.7 Å². The van der Waals surface area contributed by atoms with E-state index in [0.717, 1.165) is 37.1 Å². The molecule has 0 aromatic heterocycles. The molecule has 3 rings (SSSR count). The van der Waals surface area contributed by atoms with Crippen molar-refractivity contribution >= 4 is 11.8 Å². The van der Waals surface area contributed by atoms with Crippen molar-refractivity contribution < 1.29 is 14.6 Å². The molecule has 2 heterocycles. The third kappa shape index (κ3) is 2.40. The van der Waals surface area contributed by atoms with Gasteiger partial charge in [0.15, 0.2) is 0 Å². The first-order valence-electron chi connectivity index (χ1n) is 7.09. The normalized spacial score (nSPS) is 28.2. The van der Waals surface area contributed by atoms with Crippen LogP contribution >= 0.6 is 0 Å². The molecular weight excluding hydrogens is 256 g/mol. The van der Waals surface area contributed by atoms with E-state index in [1.54, 1.807) is 12.0 Å². The summed E-state index contributed by atoms with van der Waals surface area (Å²) < 4.78 is 5.22. The molecule has 0 spiro atoms. The van der Waals surface area contributed by atoms with Gasteiger partial charge in [0.25, 0.3) is 0 Å². The number of rotatable bonds is 3. The molecule has 2 atom stereocenters. The molecule has 2 bridgehead atoms. The van der Waals surface area contributed by atoms with Crippen LogP contribution in [0.15, 0.2) is 24.3 Å². The molecule has 0 radical (unpaired) electrons. The lowest BCUT2D eigenvalue weighted by Gasteiger charge is -2.37. The van der Waals surface area contributed by atoms with Crippen molar-refractivity contribution in [1.82, 2.24) is 4.90 Å². The molecule has 2 aliphatic heterocycles. The van der Waals surface area contributed by atoms with Crippen molar-refractivity contribution in [2.45, 2.75) is 43.8 Å². The van der Waals surface area contributed by atoms with Crippen molar-refractivity contribution in [2.24, 2.45) is 0 Å². The fourth-order valence-electron chi connectivity index (χ4n) is 3.56. The molecule has 2 unspecified atom stereocenters. The zero-order valence-electron chi connectivity index (χ0n) is 11.6. The molecule has 2 fully saturated rings. The number of benzene rings is 1. The summed E-state index contributed by atoms with van der Waals surface area (Å²) in [5, 5.41) is 12.8. The Morgan fingerprint density at radius 2 is 2.05 bits per heavy atom. The second-order valence-electron chi connectivity index (χ2n) is 5.62. The van der Waals surface area contributed by atoms with Crippen molar-refractivity contribution in [1.29, 1.82) is 0 Å². The van der Waals surface area contributed by atoms with Crippen molar-refractivity contribution in [3.05, 3.63) is 24.3 Å². The Morgan fingerprint density at radius 3 is 2.65 bits per heavy atom. The minimum Gasteiger partial charge on any atom is -0.497 e. The van der Waals surface area contributed by atoms with Crippen LogP contribution in [-0.2, 0) is 0 Å². The molecule has 108 valence electrons. The summed E-state index contributed by atoms with van der Waals surface area (Å²) in [6, 6.07) is 8.57. The molecule has 20 heavy (non-hydrogen) atoms. The molecule has 2 aliphatic rings. The number of ether oxygens (including phenoxy) is 1. The van der Waals surface area contributed by atoms with Crippen molar-refractivity contribution in [3.63, 3.8) is 0 Å². The number of carbonyl (C=O) groups is 1. The van der Waals surface area contributed by atoms with Gasteiger partial charge < -0.3 is 20.1 Å². The number of amides is 1.